The molecule has 4 nitrogen and oxygen atoms in total. The van der Waals surface area contributed by atoms with Crippen LogP contribution < -0.4 is 0 Å². The first-order valence-corrected chi connectivity index (χ1v) is 11.3. The molecular formula is C33H21N3O. The Morgan fingerprint density at radius 2 is 1.16 bits per heavy atom. The molecule has 37 heavy (non-hydrogen) atoms. The van der Waals surface area contributed by atoms with Crippen molar-refractivity contribution in [2.45, 2.75) is 0 Å². The molecule has 0 atom stereocenters. The maximum atomic E-state index is 9.22. The quantitative estimate of drug-likeness (QED) is 0.250. The lowest BCUT2D eigenvalue weighted by Gasteiger charge is -2.08. The predicted octanol–water partition coefficient (Wildman–Crippen LogP) is 8.44. The smallest absolute Gasteiger partial charge is 0.164 e. The largest absolute Gasteiger partial charge is 0.455 e. The van der Waals surface area contributed by atoms with Gasteiger partial charge < -0.3 is 4.42 Å². The molecule has 0 aliphatic carbocycles. The van der Waals surface area contributed by atoms with Gasteiger partial charge in [-0.1, -0.05) is 115 Å². The zero-order valence-corrected chi connectivity index (χ0v) is 19.0. The molecule has 0 unspecified atom stereocenters. The van der Waals surface area contributed by atoms with Crippen LogP contribution in [0.5, 0.6) is 0 Å². The molecule has 174 valence electrons. The number of rotatable bonds is 4. The minimum Gasteiger partial charge on any atom is -0.455 e. The van der Waals surface area contributed by atoms with Gasteiger partial charge in [0.2, 0.25) is 0 Å². The van der Waals surface area contributed by atoms with E-state index in [-0.39, 0.29) is 68.2 Å². The maximum absolute atomic E-state index is 9.22. The average molecular weight is 487 g/mol. The van der Waals surface area contributed by atoms with Crippen molar-refractivity contribution >= 4 is 21.9 Å². The Kier molecular flexibility index (Phi) is 3.05. The summed E-state index contributed by atoms with van der Waals surface area (Å²) in [5.41, 5.74) is 0.449. The fraction of sp³-hybridized carbons (Fsp3) is 0. The molecule has 2 heterocycles. The third-order valence-electron chi connectivity index (χ3n) is 5.74. The molecular weight excluding hydrogens is 454 g/mol. The van der Waals surface area contributed by atoms with Crippen molar-refractivity contribution in [1.82, 2.24) is 15.0 Å². The molecule has 0 saturated heterocycles. The number of benzene rings is 5. The summed E-state index contributed by atoms with van der Waals surface area (Å²) >= 11 is 0. The Morgan fingerprint density at radius 3 is 1.89 bits per heavy atom. The molecule has 5 aromatic carbocycles. The fourth-order valence-electron chi connectivity index (χ4n) is 4.01. The van der Waals surface area contributed by atoms with Crippen molar-refractivity contribution < 1.29 is 19.5 Å². The van der Waals surface area contributed by atoms with E-state index in [0.717, 1.165) is 0 Å². The molecule has 7 rings (SSSR count). The summed E-state index contributed by atoms with van der Waals surface area (Å²) in [6.07, 6.45) is 0. The molecule has 0 aliphatic heterocycles. The Balaban J connectivity index is 1.59. The average Bonchev–Trinajstić information content (AvgIpc) is 3.50. The highest BCUT2D eigenvalue weighted by Gasteiger charge is 2.16. The van der Waals surface area contributed by atoms with E-state index in [1.54, 1.807) is 60.7 Å². The van der Waals surface area contributed by atoms with Crippen LogP contribution >= 0.6 is 0 Å². The second-order valence-corrected chi connectivity index (χ2v) is 8.05. The highest BCUT2D eigenvalue weighted by atomic mass is 16.3. The minimum absolute atomic E-state index is 0.0150. The van der Waals surface area contributed by atoms with Crippen molar-refractivity contribution in [3.63, 3.8) is 0 Å². The Bertz CT molecular complexity index is 2440. The van der Waals surface area contributed by atoms with Gasteiger partial charge in [-0.05, 0) is 17.6 Å². The van der Waals surface area contributed by atoms with Crippen LogP contribution in [0.25, 0.3) is 67.2 Å². The summed E-state index contributed by atoms with van der Waals surface area (Å²) in [5.74, 6) is -0.563. The van der Waals surface area contributed by atoms with Crippen LogP contribution in [0.2, 0.25) is 0 Å². The van der Waals surface area contributed by atoms with Crippen LogP contribution in [-0.2, 0) is 0 Å². The number of aromatic nitrogens is 3. The van der Waals surface area contributed by atoms with Crippen molar-refractivity contribution in [3.05, 3.63) is 127 Å². The van der Waals surface area contributed by atoms with Crippen LogP contribution in [-0.4, -0.2) is 15.0 Å². The number of nitrogens with zero attached hydrogens (tertiary/aromatic N) is 3. The number of fused-ring (bicyclic) bond motifs is 3. The fourth-order valence-corrected chi connectivity index (χ4v) is 4.01. The second-order valence-electron chi connectivity index (χ2n) is 8.05. The summed E-state index contributed by atoms with van der Waals surface area (Å²) < 4.78 is 101. The van der Waals surface area contributed by atoms with Gasteiger partial charge in [-0.2, -0.15) is 0 Å². The van der Waals surface area contributed by atoms with Crippen LogP contribution in [0.3, 0.4) is 0 Å². The van der Waals surface area contributed by atoms with Crippen molar-refractivity contribution in [3.8, 4) is 45.3 Å². The number of furan rings is 1. The lowest BCUT2D eigenvalue weighted by atomic mass is 10.0. The van der Waals surface area contributed by atoms with E-state index >= 15 is 0 Å². The van der Waals surface area contributed by atoms with E-state index in [1.807, 2.05) is 0 Å². The number of hydrogen-bond donors (Lipinski definition) is 0. The van der Waals surface area contributed by atoms with Gasteiger partial charge >= 0.3 is 0 Å². The topological polar surface area (TPSA) is 51.8 Å². The van der Waals surface area contributed by atoms with Gasteiger partial charge in [0, 0.05) is 33.0 Å². The maximum Gasteiger partial charge on any atom is 0.164 e. The second kappa shape index (κ2) is 8.85. The Morgan fingerprint density at radius 1 is 0.514 bits per heavy atom. The summed E-state index contributed by atoms with van der Waals surface area (Å²) in [4.78, 5) is 13.4. The molecule has 2 aromatic heterocycles. The van der Waals surface area contributed by atoms with Crippen LogP contribution in [0.15, 0.2) is 132 Å². The van der Waals surface area contributed by atoms with E-state index < -0.39 is 54.4 Å². The molecule has 0 saturated carbocycles. The number of para-hydroxylation sites is 1. The monoisotopic (exact) mass is 486 g/mol. The van der Waals surface area contributed by atoms with E-state index in [2.05, 4.69) is 15.0 Å². The van der Waals surface area contributed by atoms with Crippen molar-refractivity contribution in [2.75, 3.05) is 0 Å². The number of hydrogen-bond acceptors (Lipinski definition) is 4. The van der Waals surface area contributed by atoms with Crippen molar-refractivity contribution in [1.29, 1.82) is 0 Å². The third-order valence-corrected chi connectivity index (χ3v) is 5.74. The lowest BCUT2D eigenvalue weighted by Crippen LogP contribution is -2.00. The van der Waals surface area contributed by atoms with Gasteiger partial charge in [-0.3, -0.25) is 0 Å². The molecule has 0 radical (unpaired) electrons. The van der Waals surface area contributed by atoms with Crippen LogP contribution in [0, 0.1) is 0 Å². The molecule has 0 aliphatic rings. The normalized spacial score (nSPS) is 15.4. The summed E-state index contributed by atoms with van der Waals surface area (Å²) in [5, 5.41) is -0.0357. The molecule has 0 N–H and O–H groups in total. The van der Waals surface area contributed by atoms with E-state index in [0.29, 0.717) is 11.1 Å². The predicted molar refractivity (Wildman–Crippen MR) is 149 cm³/mol. The van der Waals surface area contributed by atoms with Crippen LogP contribution in [0.4, 0.5) is 0 Å². The first-order valence-electron chi connectivity index (χ1n) is 16.8. The minimum atomic E-state index is -0.600. The van der Waals surface area contributed by atoms with E-state index in [4.69, 9.17) is 18.1 Å². The Labute approximate surface area is 229 Å². The summed E-state index contributed by atoms with van der Waals surface area (Å²) in [7, 11) is 0. The summed E-state index contributed by atoms with van der Waals surface area (Å²) in [6.45, 7) is 0. The SMILES string of the molecule is [2H]c1c([2H])c([2H])c(-c2nc(-c3ccccc3)nc(-c3c([2H])c([2H])c4c(oc5c(-c6ccccc6)c([2H])c([2H])c([2H])c54)c3[2H])n2)c([2H])c1[2H]. The standard InChI is InChI=1S/C33H21N3O/c1-4-11-22(12-5-1)26-17-10-18-28-27-20-19-25(21-29(27)37-30(26)28)33-35-31(23-13-6-2-7-14-23)34-32(36-33)24-15-8-3-9-16-24/h1-21H/i2D,6D,7D,10D,13D,14D,17D,18D,19D,20D,21D. The molecule has 0 bridgehead atoms. The molecule has 0 spiro atoms. The Hall–Kier alpha value is -5.09. The van der Waals surface area contributed by atoms with Gasteiger partial charge in [-0.25, -0.2) is 15.0 Å². The molecule has 4 heteroatoms. The van der Waals surface area contributed by atoms with Crippen molar-refractivity contribution in [2.24, 2.45) is 0 Å². The zero-order valence-electron chi connectivity index (χ0n) is 30.0. The van der Waals surface area contributed by atoms with Gasteiger partial charge in [-0.15, -0.1) is 0 Å². The molecule has 0 amide bonds. The van der Waals surface area contributed by atoms with Gasteiger partial charge in [0.15, 0.2) is 17.5 Å². The first-order chi connectivity index (χ1) is 22.9. The van der Waals surface area contributed by atoms with Gasteiger partial charge in [0.25, 0.3) is 0 Å². The molecule has 7 aromatic rings. The molecule has 0 fully saturated rings. The van der Waals surface area contributed by atoms with Gasteiger partial charge in [0.05, 0.1) is 15.1 Å². The zero-order chi connectivity index (χ0) is 34.2. The first kappa shape index (κ1) is 12.7. The van der Waals surface area contributed by atoms with E-state index in [9.17, 15) is 1.37 Å². The lowest BCUT2D eigenvalue weighted by molar-refractivity contribution is 0.670. The van der Waals surface area contributed by atoms with Crippen LogP contribution in [0.1, 0.15) is 15.1 Å². The highest BCUT2D eigenvalue weighted by molar-refractivity contribution is 6.10. The third kappa shape index (κ3) is 3.85. The summed E-state index contributed by atoms with van der Waals surface area (Å²) in [6, 6.07) is 11.9. The highest BCUT2D eigenvalue weighted by Crippen LogP contribution is 2.37. The van der Waals surface area contributed by atoms with E-state index in [1.165, 1.54) is 0 Å². The van der Waals surface area contributed by atoms with Gasteiger partial charge in [0.1, 0.15) is 11.2 Å².